The zero-order valence-corrected chi connectivity index (χ0v) is 17.8. The zero-order valence-electron chi connectivity index (χ0n) is 15.4. The third-order valence-electron chi connectivity index (χ3n) is 3.39. The molecule has 27 heavy (non-hydrogen) atoms. The van der Waals surface area contributed by atoms with Crippen LogP contribution in [-0.2, 0) is 9.59 Å². The molecule has 2 amide bonds. The fraction of sp³-hybridized carbons (Fsp3) is 0.353. The molecule has 0 atom stereocenters. The number of hydrogen-bond acceptors (Lipinski definition) is 6. The minimum Gasteiger partial charge on any atom is -0.332 e. The maximum atomic E-state index is 11.7. The van der Waals surface area contributed by atoms with Crippen molar-refractivity contribution >= 4 is 78.8 Å². The molecule has 4 N–H and O–H groups in total. The highest BCUT2D eigenvalue weighted by Crippen LogP contribution is 2.28. The SMILES string of the molecule is CC(C)C(=O)NC(=S)Nc1ccc2nc(NC(=S)NC(=O)C(C)C)sc2c1. The number of aromatic nitrogens is 1. The Balaban J connectivity index is 2.04. The first-order valence-corrected chi connectivity index (χ1v) is 9.93. The predicted molar refractivity (Wildman–Crippen MR) is 118 cm³/mol. The van der Waals surface area contributed by atoms with Crippen molar-refractivity contribution in [3.63, 3.8) is 0 Å². The molecule has 0 aliphatic heterocycles. The van der Waals surface area contributed by atoms with Crippen LogP contribution in [0.3, 0.4) is 0 Å². The first-order chi connectivity index (χ1) is 12.7. The van der Waals surface area contributed by atoms with Crippen molar-refractivity contribution in [3.05, 3.63) is 18.2 Å². The molecule has 0 aliphatic rings. The number of thiocarbonyl (C=S) groups is 2. The van der Waals surface area contributed by atoms with Crippen LogP contribution in [0.1, 0.15) is 27.7 Å². The summed E-state index contributed by atoms with van der Waals surface area (Å²) in [6.07, 6.45) is 0. The molecule has 1 aromatic carbocycles. The number of carbonyl (C=O) groups is 2. The second kappa shape index (κ2) is 9.16. The Bertz CT molecular complexity index is 858. The smallest absolute Gasteiger partial charge is 0.228 e. The minimum atomic E-state index is -0.159. The highest BCUT2D eigenvalue weighted by Gasteiger charge is 2.12. The molecule has 1 heterocycles. The number of amides is 2. The van der Waals surface area contributed by atoms with Crippen LogP contribution in [0, 0.1) is 11.8 Å². The monoisotopic (exact) mass is 423 g/mol. The van der Waals surface area contributed by atoms with Gasteiger partial charge < -0.3 is 21.3 Å². The summed E-state index contributed by atoms with van der Waals surface area (Å²) >= 11 is 11.7. The van der Waals surface area contributed by atoms with Crippen molar-refractivity contribution in [2.24, 2.45) is 11.8 Å². The third kappa shape index (κ3) is 6.19. The van der Waals surface area contributed by atoms with E-state index in [1.807, 2.05) is 18.2 Å². The molecule has 10 heteroatoms. The lowest BCUT2D eigenvalue weighted by Crippen LogP contribution is -2.36. The summed E-state index contributed by atoms with van der Waals surface area (Å²) in [6, 6.07) is 5.53. The Labute approximate surface area is 172 Å². The van der Waals surface area contributed by atoms with Gasteiger partial charge in [-0.25, -0.2) is 4.98 Å². The van der Waals surface area contributed by atoms with E-state index in [0.717, 1.165) is 15.9 Å². The molecule has 2 aromatic rings. The van der Waals surface area contributed by atoms with Crippen molar-refractivity contribution in [1.82, 2.24) is 15.6 Å². The Morgan fingerprint density at radius 3 is 2.07 bits per heavy atom. The van der Waals surface area contributed by atoms with E-state index in [2.05, 4.69) is 26.3 Å². The predicted octanol–water partition coefficient (Wildman–Crippen LogP) is 3.23. The van der Waals surface area contributed by atoms with Gasteiger partial charge in [0.05, 0.1) is 10.2 Å². The van der Waals surface area contributed by atoms with Gasteiger partial charge >= 0.3 is 0 Å². The van der Waals surface area contributed by atoms with E-state index in [9.17, 15) is 9.59 Å². The zero-order chi connectivity index (χ0) is 20.1. The van der Waals surface area contributed by atoms with Crippen LogP contribution in [0.2, 0.25) is 0 Å². The molecule has 0 aliphatic carbocycles. The van der Waals surface area contributed by atoms with E-state index >= 15 is 0 Å². The van der Waals surface area contributed by atoms with Gasteiger partial charge in [-0.1, -0.05) is 39.0 Å². The molecule has 144 valence electrons. The molecule has 1 aromatic heterocycles. The summed E-state index contributed by atoms with van der Waals surface area (Å²) in [5.74, 6) is -0.608. The van der Waals surface area contributed by atoms with Gasteiger partial charge in [-0.05, 0) is 42.6 Å². The maximum absolute atomic E-state index is 11.7. The maximum Gasteiger partial charge on any atom is 0.228 e. The number of anilines is 2. The highest BCUT2D eigenvalue weighted by atomic mass is 32.1. The van der Waals surface area contributed by atoms with Crippen molar-refractivity contribution in [2.75, 3.05) is 10.6 Å². The van der Waals surface area contributed by atoms with Crippen molar-refractivity contribution in [3.8, 4) is 0 Å². The van der Waals surface area contributed by atoms with Crippen LogP contribution in [0.15, 0.2) is 18.2 Å². The van der Waals surface area contributed by atoms with Gasteiger partial charge in [-0.3, -0.25) is 9.59 Å². The van der Waals surface area contributed by atoms with Crippen LogP contribution in [0.5, 0.6) is 0 Å². The van der Waals surface area contributed by atoms with Gasteiger partial charge in [-0.15, -0.1) is 0 Å². The van der Waals surface area contributed by atoms with Gasteiger partial charge in [0.25, 0.3) is 0 Å². The molecule has 0 saturated heterocycles. The summed E-state index contributed by atoms with van der Waals surface area (Å²) < 4.78 is 0.901. The van der Waals surface area contributed by atoms with E-state index in [0.29, 0.717) is 5.13 Å². The van der Waals surface area contributed by atoms with Crippen molar-refractivity contribution < 1.29 is 9.59 Å². The van der Waals surface area contributed by atoms with E-state index in [-0.39, 0.29) is 33.9 Å². The summed E-state index contributed by atoms with van der Waals surface area (Å²) in [6.45, 7) is 7.17. The number of rotatable bonds is 4. The molecule has 0 unspecified atom stereocenters. The second-order valence-electron chi connectivity index (χ2n) is 6.40. The number of carbonyl (C=O) groups excluding carboxylic acids is 2. The van der Waals surface area contributed by atoms with Gasteiger partial charge in [0.15, 0.2) is 15.4 Å². The Morgan fingerprint density at radius 1 is 0.963 bits per heavy atom. The molecule has 2 rings (SSSR count). The topological polar surface area (TPSA) is 95.2 Å². The standard InChI is InChI=1S/C17H21N5O2S3/c1-8(2)13(23)20-15(25)18-10-5-6-11-12(7-10)27-17(19-11)22-16(26)21-14(24)9(3)4/h5-9H,1-4H3,(H2,18,20,23,25)(H2,19,21,22,24,26). The van der Waals surface area contributed by atoms with Crippen LogP contribution < -0.4 is 21.3 Å². The Kier molecular flexibility index (Phi) is 7.17. The third-order valence-corrected chi connectivity index (χ3v) is 4.73. The average Bonchev–Trinajstić information content (AvgIpc) is 2.95. The molecule has 0 spiro atoms. The first kappa shape index (κ1) is 21.1. The molecule has 0 saturated carbocycles. The lowest BCUT2D eigenvalue weighted by atomic mass is 10.2. The quantitative estimate of drug-likeness (QED) is 0.561. The fourth-order valence-electron chi connectivity index (χ4n) is 1.86. The largest absolute Gasteiger partial charge is 0.332 e. The number of nitrogens with one attached hydrogen (secondary N) is 4. The molecule has 0 radical (unpaired) electrons. The van der Waals surface area contributed by atoms with Crippen LogP contribution in [-0.4, -0.2) is 27.0 Å². The average molecular weight is 424 g/mol. The van der Waals surface area contributed by atoms with E-state index in [1.54, 1.807) is 27.7 Å². The van der Waals surface area contributed by atoms with E-state index in [4.69, 9.17) is 24.4 Å². The van der Waals surface area contributed by atoms with Crippen LogP contribution in [0.25, 0.3) is 10.2 Å². The normalized spacial score (nSPS) is 10.7. The highest BCUT2D eigenvalue weighted by molar-refractivity contribution is 7.80. The number of nitrogens with zero attached hydrogens (tertiary/aromatic N) is 1. The number of thiazole rings is 1. The van der Waals surface area contributed by atoms with Crippen molar-refractivity contribution in [2.45, 2.75) is 27.7 Å². The molecule has 0 fully saturated rings. The minimum absolute atomic E-state index is 0.144. The van der Waals surface area contributed by atoms with Crippen LogP contribution in [0.4, 0.5) is 10.8 Å². The molecular formula is C17H21N5O2S3. The summed E-state index contributed by atoms with van der Waals surface area (Å²) in [5.41, 5.74) is 1.52. The van der Waals surface area contributed by atoms with Gasteiger partial charge in [-0.2, -0.15) is 0 Å². The Hall–Kier alpha value is -2.17. The fourth-order valence-corrected chi connectivity index (χ4v) is 3.25. The summed E-state index contributed by atoms with van der Waals surface area (Å²) in [5, 5.41) is 12.2. The molecule has 7 nitrogen and oxygen atoms in total. The first-order valence-electron chi connectivity index (χ1n) is 8.30. The van der Waals surface area contributed by atoms with Gasteiger partial charge in [0, 0.05) is 17.5 Å². The van der Waals surface area contributed by atoms with Gasteiger partial charge in [0.2, 0.25) is 11.8 Å². The number of fused-ring (bicyclic) bond motifs is 1. The van der Waals surface area contributed by atoms with Gasteiger partial charge in [0.1, 0.15) is 0 Å². The van der Waals surface area contributed by atoms with Crippen LogP contribution >= 0.6 is 35.8 Å². The van der Waals surface area contributed by atoms with E-state index in [1.165, 1.54) is 11.3 Å². The number of hydrogen-bond donors (Lipinski definition) is 4. The molecular weight excluding hydrogens is 402 g/mol. The lowest BCUT2D eigenvalue weighted by Gasteiger charge is -2.10. The summed E-state index contributed by atoms with van der Waals surface area (Å²) in [7, 11) is 0. The second-order valence-corrected chi connectivity index (χ2v) is 8.24. The Morgan fingerprint density at radius 2 is 1.52 bits per heavy atom. The lowest BCUT2D eigenvalue weighted by molar-refractivity contribution is -0.123. The van der Waals surface area contributed by atoms with E-state index < -0.39 is 0 Å². The molecule has 0 bridgehead atoms. The van der Waals surface area contributed by atoms with Crippen molar-refractivity contribution in [1.29, 1.82) is 0 Å². The summed E-state index contributed by atoms with van der Waals surface area (Å²) in [4.78, 5) is 27.8. The number of benzene rings is 1.